The van der Waals surface area contributed by atoms with Crippen LogP contribution in [0.3, 0.4) is 0 Å². The van der Waals surface area contributed by atoms with Gasteiger partial charge in [-0.1, -0.05) is 31.2 Å². The topological polar surface area (TPSA) is 45.7 Å². The van der Waals surface area contributed by atoms with Gasteiger partial charge in [-0.3, -0.25) is 4.99 Å². The molecule has 1 aliphatic carbocycles. The van der Waals surface area contributed by atoms with Gasteiger partial charge in [0.25, 0.3) is 0 Å². The number of rotatable bonds is 5. The average molecular weight is 329 g/mol. The Balaban J connectivity index is 1.80. The molecule has 1 heterocycles. The van der Waals surface area contributed by atoms with Crippen molar-refractivity contribution in [3.05, 3.63) is 35.4 Å². The highest BCUT2D eigenvalue weighted by Gasteiger charge is 2.36. The van der Waals surface area contributed by atoms with E-state index in [1.165, 1.54) is 17.5 Å². The minimum absolute atomic E-state index is 0.0983. The zero-order chi connectivity index (χ0) is 17.0. The highest BCUT2D eigenvalue weighted by molar-refractivity contribution is 5.80. The van der Waals surface area contributed by atoms with Crippen molar-refractivity contribution in [3.63, 3.8) is 0 Å². The summed E-state index contributed by atoms with van der Waals surface area (Å²) in [6, 6.07) is 9.35. The molecule has 0 spiro atoms. The van der Waals surface area contributed by atoms with Crippen LogP contribution < -0.4 is 10.6 Å². The van der Waals surface area contributed by atoms with Gasteiger partial charge in [0.05, 0.1) is 6.54 Å². The lowest BCUT2D eigenvalue weighted by Crippen LogP contribution is -2.42. The van der Waals surface area contributed by atoms with Crippen LogP contribution in [-0.4, -0.2) is 38.3 Å². The summed E-state index contributed by atoms with van der Waals surface area (Å²) >= 11 is 0. The van der Waals surface area contributed by atoms with Crippen molar-refractivity contribution in [3.8, 4) is 0 Å². The lowest BCUT2D eigenvalue weighted by molar-refractivity contribution is 0.0529. The van der Waals surface area contributed by atoms with E-state index >= 15 is 0 Å². The molecule has 1 saturated heterocycles. The molecule has 132 valence electrons. The van der Waals surface area contributed by atoms with Crippen LogP contribution in [0.5, 0.6) is 0 Å². The number of aliphatic imine (C=N–C) groups is 1. The molecule has 0 radical (unpaired) electrons. The van der Waals surface area contributed by atoms with Gasteiger partial charge in [0, 0.05) is 31.2 Å². The third-order valence-corrected chi connectivity index (χ3v) is 5.48. The predicted octanol–water partition coefficient (Wildman–Crippen LogP) is 3.01. The van der Waals surface area contributed by atoms with Gasteiger partial charge in [-0.2, -0.15) is 0 Å². The van der Waals surface area contributed by atoms with E-state index < -0.39 is 0 Å². The number of hydrogen-bond donors (Lipinski definition) is 2. The van der Waals surface area contributed by atoms with Gasteiger partial charge in [-0.25, -0.2) is 0 Å². The first-order chi connectivity index (χ1) is 11.6. The Bertz CT molecular complexity index is 578. The fraction of sp³-hybridized carbons (Fsp3) is 0.650. The van der Waals surface area contributed by atoms with Crippen molar-refractivity contribution in [1.82, 2.24) is 10.6 Å². The number of aryl methyl sites for hydroxylation is 1. The van der Waals surface area contributed by atoms with Crippen LogP contribution in [0.4, 0.5) is 0 Å². The molecule has 2 aliphatic rings. The Kier molecular flexibility index (Phi) is 5.44. The molecule has 4 heteroatoms. The maximum Gasteiger partial charge on any atom is 0.191 e. The molecule has 1 aliphatic heterocycles. The van der Waals surface area contributed by atoms with Crippen LogP contribution in [0.25, 0.3) is 0 Å². The summed E-state index contributed by atoms with van der Waals surface area (Å²) in [6.07, 6.45) is 3.34. The largest absolute Gasteiger partial charge is 0.381 e. The first-order valence-corrected chi connectivity index (χ1v) is 9.33. The van der Waals surface area contributed by atoms with Gasteiger partial charge in [0.1, 0.15) is 0 Å². The fourth-order valence-corrected chi connectivity index (χ4v) is 3.69. The molecular weight excluding hydrogens is 298 g/mol. The molecule has 0 aromatic heterocycles. The minimum Gasteiger partial charge on any atom is -0.381 e. The van der Waals surface area contributed by atoms with Crippen molar-refractivity contribution in [2.45, 2.75) is 51.5 Å². The van der Waals surface area contributed by atoms with Gasteiger partial charge >= 0.3 is 0 Å². The Morgan fingerprint density at radius 3 is 2.62 bits per heavy atom. The second kappa shape index (κ2) is 7.56. The zero-order valence-corrected chi connectivity index (χ0v) is 15.3. The summed E-state index contributed by atoms with van der Waals surface area (Å²) in [5, 5.41) is 6.98. The van der Waals surface area contributed by atoms with Crippen molar-refractivity contribution in [2.75, 3.05) is 26.3 Å². The van der Waals surface area contributed by atoms with Crippen molar-refractivity contribution >= 4 is 5.96 Å². The summed E-state index contributed by atoms with van der Waals surface area (Å²) in [5.74, 6) is 1.73. The Hall–Kier alpha value is -1.55. The Morgan fingerprint density at radius 1 is 1.29 bits per heavy atom. The molecule has 4 nitrogen and oxygen atoms in total. The maximum atomic E-state index is 5.65. The second-order valence-electron chi connectivity index (χ2n) is 7.37. The van der Waals surface area contributed by atoms with Crippen molar-refractivity contribution in [1.29, 1.82) is 0 Å². The molecule has 2 unspecified atom stereocenters. The monoisotopic (exact) mass is 329 g/mol. The first-order valence-electron chi connectivity index (χ1n) is 9.33. The van der Waals surface area contributed by atoms with Gasteiger partial charge in [0.15, 0.2) is 5.96 Å². The standard InChI is InChI=1S/C20H31N3O/c1-4-21-19(23-18-13-16(18)3)22-14-20(9-11-24-12-10-20)17-8-6-5-7-15(17)2/h5-8,16,18H,4,9-14H2,1-3H3,(H2,21,22,23). The van der Waals surface area contributed by atoms with E-state index in [4.69, 9.17) is 9.73 Å². The van der Waals surface area contributed by atoms with E-state index in [2.05, 4.69) is 55.7 Å². The van der Waals surface area contributed by atoms with E-state index in [9.17, 15) is 0 Å². The van der Waals surface area contributed by atoms with Crippen LogP contribution in [-0.2, 0) is 10.2 Å². The minimum atomic E-state index is 0.0983. The molecule has 2 fully saturated rings. The normalized spacial score (nSPS) is 26.0. The predicted molar refractivity (Wildman–Crippen MR) is 99.6 cm³/mol. The summed E-state index contributed by atoms with van der Waals surface area (Å²) in [6.45, 7) is 9.99. The molecular formula is C20H31N3O. The van der Waals surface area contributed by atoms with Gasteiger partial charge in [0.2, 0.25) is 0 Å². The maximum absolute atomic E-state index is 5.65. The Labute approximate surface area is 146 Å². The van der Waals surface area contributed by atoms with Gasteiger partial charge in [-0.05, 0) is 50.2 Å². The van der Waals surface area contributed by atoms with Crippen LogP contribution in [0.15, 0.2) is 29.3 Å². The quantitative estimate of drug-likeness (QED) is 0.645. The molecule has 1 aromatic rings. The van der Waals surface area contributed by atoms with Crippen LogP contribution in [0.2, 0.25) is 0 Å². The molecule has 0 amide bonds. The Morgan fingerprint density at radius 2 is 2.00 bits per heavy atom. The highest BCUT2D eigenvalue weighted by atomic mass is 16.5. The smallest absolute Gasteiger partial charge is 0.191 e. The van der Waals surface area contributed by atoms with E-state index in [1.807, 2.05) is 0 Å². The van der Waals surface area contributed by atoms with Crippen LogP contribution in [0.1, 0.15) is 44.2 Å². The van der Waals surface area contributed by atoms with E-state index in [-0.39, 0.29) is 5.41 Å². The highest BCUT2D eigenvalue weighted by Crippen LogP contribution is 2.37. The summed E-state index contributed by atoms with van der Waals surface area (Å²) in [7, 11) is 0. The van der Waals surface area contributed by atoms with E-state index in [0.717, 1.165) is 51.0 Å². The van der Waals surface area contributed by atoms with E-state index in [0.29, 0.717) is 6.04 Å². The average Bonchev–Trinajstić information content (AvgIpc) is 3.29. The van der Waals surface area contributed by atoms with E-state index in [1.54, 1.807) is 0 Å². The van der Waals surface area contributed by atoms with Crippen LogP contribution >= 0.6 is 0 Å². The first kappa shape index (κ1) is 17.3. The third kappa shape index (κ3) is 3.92. The lowest BCUT2D eigenvalue weighted by Gasteiger charge is -2.37. The SMILES string of the molecule is CCNC(=NCC1(c2ccccc2C)CCOCC1)NC1CC1C. The van der Waals surface area contributed by atoms with Crippen molar-refractivity contribution < 1.29 is 4.74 Å². The third-order valence-electron chi connectivity index (χ3n) is 5.48. The molecule has 2 atom stereocenters. The number of nitrogens with zero attached hydrogens (tertiary/aromatic N) is 1. The lowest BCUT2D eigenvalue weighted by atomic mass is 9.72. The van der Waals surface area contributed by atoms with Crippen LogP contribution in [0, 0.1) is 12.8 Å². The number of benzene rings is 1. The molecule has 1 saturated carbocycles. The van der Waals surface area contributed by atoms with Gasteiger partial charge < -0.3 is 15.4 Å². The molecule has 1 aromatic carbocycles. The summed E-state index contributed by atoms with van der Waals surface area (Å²) < 4.78 is 5.65. The summed E-state index contributed by atoms with van der Waals surface area (Å²) in [5.41, 5.74) is 2.90. The number of guanidine groups is 1. The zero-order valence-electron chi connectivity index (χ0n) is 15.3. The number of nitrogens with one attached hydrogen (secondary N) is 2. The van der Waals surface area contributed by atoms with Crippen molar-refractivity contribution in [2.24, 2.45) is 10.9 Å². The number of hydrogen-bond acceptors (Lipinski definition) is 2. The number of ether oxygens (including phenoxy) is 1. The molecule has 0 bridgehead atoms. The van der Waals surface area contributed by atoms with Gasteiger partial charge in [-0.15, -0.1) is 0 Å². The summed E-state index contributed by atoms with van der Waals surface area (Å²) in [4.78, 5) is 4.98. The molecule has 24 heavy (non-hydrogen) atoms. The second-order valence-corrected chi connectivity index (χ2v) is 7.37. The fourth-order valence-electron chi connectivity index (χ4n) is 3.69. The molecule has 2 N–H and O–H groups in total. The molecule has 3 rings (SSSR count).